The SMILES string of the molecule is CCNS(=O)(=O)CCNC(=O)c1ccc2c(c1)CNC2. The summed E-state index contributed by atoms with van der Waals surface area (Å²) in [6, 6.07) is 5.54. The van der Waals surface area contributed by atoms with Crippen LogP contribution in [0.3, 0.4) is 0 Å². The van der Waals surface area contributed by atoms with E-state index in [1.165, 1.54) is 5.56 Å². The van der Waals surface area contributed by atoms with Crippen LogP contribution in [0.5, 0.6) is 0 Å². The maximum absolute atomic E-state index is 11.9. The van der Waals surface area contributed by atoms with E-state index in [-0.39, 0.29) is 18.2 Å². The predicted molar refractivity (Wildman–Crippen MR) is 76.8 cm³/mol. The first-order valence-corrected chi connectivity index (χ1v) is 8.25. The lowest BCUT2D eigenvalue weighted by Gasteiger charge is -2.07. The molecule has 2 rings (SSSR count). The molecule has 3 N–H and O–H groups in total. The Morgan fingerprint density at radius 3 is 2.80 bits per heavy atom. The van der Waals surface area contributed by atoms with Gasteiger partial charge in [-0.25, -0.2) is 13.1 Å². The monoisotopic (exact) mass is 297 g/mol. The average molecular weight is 297 g/mol. The van der Waals surface area contributed by atoms with E-state index in [0.29, 0.717) is 12.1 Å². The van der Waals surface area contributed by atoms with Gasteiger partial charge in [0.2, 0.25) is 10.0 Å². The first kappa shape index (κ1) is 15.0. The van der Waals surface area contributed by atoms with Crippen molar-refractivity contribution in [3.63, 3.8) is 0 Å². The third-order valence-electron chi connectivity index (χ3n) is 3.12. The minimum Gasteiger partial charge on any atom is -0.351 e. The van der Waals surface area contributed by atoms with Crippen molar-refractivity contribution in [2.75, 3.05) is 18.8 Å². The molecular weight excluding hydrogens is 278 g/mol. The van der Waals surface area contributed by atoms with Gasteiger partial charge in [-0.3, -0.25) is 4.79 Å². The number of benzene rings is 1. The van der Waals surface area contributed by atoms with Crippen molar-refractivity contribution in [2.45, 2.75) is 20.0 Å². The Morgan fingerprint density at radius 2 is 2.05 bits per heavy atom. The summed E-state index contributed by atoms with van der Waals surface area (Å²) in [5, 5.41) is 5.84. The largest absolute Gasteiger partial charge is 0.351 e. The number of sulfonamides is 1. The second kappa shape index (κ2) is 6.34. The molecule has 0 saturated heterocycles. The zero-order valence-corrected chi connectivity index (χ0v) is 12.2. The van der Waals surface area contributed by atoms with Gasteiger partial charge in [-0.05, 0) is 23.3 Å². The van der Waals surface area contributed by atoms with E-state index < -0.39 is 10.0 Å². The van der Waals surface area contributed by atoms with Gasteiger partial charge in [-0.15, -0.1) is 0 Å². The van der Waals surface area contributed by atoms with Gasteiger partial charge in [-0.1, -0.05) is 13.0 Å². The highest BCUT2D eigenvalue weighted by molar-refractivity contribution is 7.89. The van der Waals surface area contributed by atoms with Gasteiger partial charge in [-0.2, -0.15) is 0 Å². The molecule has 0 radical (unpaired) electrons. The molecule has 1 aliphatic heterocycles. The molecule has 1 aromatic carbocycles. The number of carbonyl (C=O) groups is 1. The fourth-order valence-electron chi connectivity index (χ4n) is 2.13. The molecule has 0 aliphatic carbocycles. The summed E-state index contributed by atoms with van der Waals surface area (Å²) < 4.78 is 25.2. The minimum atomic E-state index is -3.29. The molecule has 1 amide bonds. The molecule has 1 aromatic rings. The molecule has 0 saturated carbocycles. The Bertz CT molecular complexity index is 599. The summed E-state index contributed by atoms with van der Waals surface area (Å²) in [6.07, 6.45) is 0. The van der Waals surface area contributed by atoms with E-state index in [2.05, 4.69) is 15.4 Å². The zero-order valence-electron chi connectivity index (χ0n) is 11.4. The first-order valence-electron chi connectivity index (χ1n) is 6.60. The minimum absolute atomic E-state index is 0.101. The van der Waals surface area contributed by atoms with Crippen LogP contribution < -0.4 is 15.4 Å². The molecule has 110 valence electrons. The van der Waals surface area contributed by atoms with E-state index in [9.17, 15) is 13.2 Å². The van der Waals surface area contributed by atoms with Gasteiger partial charge >= 0.3 is 0 Å². The third kappa shape index (κ3) is 3.78. The second-order valence-electron chi connectivity index (χ2n) is 4.66. The fraction of sp³-hybridized carbons (Fsp3) is 0.462. The van der Waals surface area contributed by atoms with Crippen molar-refractivity contribution in [1.29, 1.82) is 0 Å². The lowest BCUT2D eigenvalue weighted by Crippen LogP contribution is -2.34. The number of amides is 1. The van der Waals surface area contributed by atoms with E-state index in [1.807, 2.05) is 12.1 Å². The number of fused-ring (bicyclic) bond motifs is 1. The van der Waals surface area contributed by atoms with Gasteiger partial charge in [0.05, 0.1) is 5.75 Å². The molecule has 1 aliphatic rings. The van der Waals surface area contributed by atoms with Crippen LogP contribution in [0.4, 0.5) is 0 Å². The highest BCUT2D eigenvalue weighted by Crippen LogP contribution is 2.16. The summed E-state index contributed by atoms with van der Waals surface area (Å²) in [6.45, 7) is 3.77. The van der Waals surface area contributed by atoms with Crippen LogP contribution in [0.25, 0.3) is 0 Å². The Kier molecular flexibility index (Phi) is 4.74. The molecular formula is C13H19N3O3S. The number of hydrogen-bond acceptors (Lipinski definition) is 4. The fourth-order valence-corrected chi connectivity index (χ4v) is 3.08. The molecule has 0 atom stereocenters. The summed E-state index contributed by atoms with van der Waals surface area (Å²) in [5.74, 6) is -0.356. The highest BCUT2D eigenvalue weighted by atomic mass is 32.2. The summed E-state index contributed by atoms with van der Waals surface area (Å²) in [5.41, 5.74) is 2.89. The first-order chi connectivity index (χ1) is 9.52. The lowest BCUT2D eigenvalue weighted by atomic mass is 10.1. The molecule has 7 heteroatoms. The summed E-state index contributed by atoms with van der Waals surface area (Å²) in [4.78, 5) is 11.9. The van der Waals surface area contributed by atoms with Crippen LogP contribution in [0.15, 0.2) is 18.2 Å². The Balaban J connectivity index is 1.89. The number of nitrogens with one attached hydrogen (secondary N) is 3. The zero-order chi connectivity index (χ0) is 14.6. The van der Waals surface area contributed by atoms with Crippen molar-refractivity contribution < 1.29 is 13.2 Å². The van der Waals surface area contributed by atoms with Crippen molar-refractivity contribution >= 4 is 15.9 Å². The standard InChI is InChI=1S/C13H19N3O3S/c1-2-16-20(18,19)6-5-15-13(17)10-3-4-11-8-14-9-12(11)7-10/h3-4,7,14,16H,2,5-6,8-9H2,1H3,(H,15,17). The van der Waals surface area contributed by atoms with Crippen molar-refractivity contribution in [1.82, 2.24) is 15.4 Å². The molecule has 6 nitrogen and oxygen atoms in total. The maximum atomic E-state index is 11.9. The van der Waals surface area contributed by atoms with Crippen LogP contribution in [0.1, 0.15) is 28.4 Å². The van der Waals surface area contributed by atoms with Crippen molar-refractivity contribution in [3.05, 3.63) is 34.9 Å². The molecule has 1 heterocycles. The summed E-state index contributed by atoms with van der Waals surface area (Å²) >= 11 is 0. The average Bonchev–Trinajstić information content (AvgIpc) is 2.85. The van der Waals surface area contributed by atoms with Crippen LogP contribution in [0, 0.1) is 0 Å². The number of hydrogen-bond donors (Lipinski definition) is 3. The van der Waals surface area contributed by atoms with Gasteiger partial charge in [0.25, 0.3) is 5.91 Å². The van der Waals surface area contributed by atoms with Crippen LogP contribution in [0.2, 0.25) is 0 Å². The molecule has 0 unspecified atom stereocenters. The van der Waals surface area contributed by atoms with E-state index >= 15 is 0 Å². The Hall–Kier alpha value is -1.44. The normalized spacial score (nSPS) is 14.1. The van der Waals surface area contributed by atoms with Crippen LogP contribution in [-0.2, 0) is 23.1 Å². The van der Waals surface area contributed by atoms with E-state index in [1.54, 1.807) is 13.0 Å². The van der Waals surface area contributed by atoms with Crippen molar-refractivity contribution in [3.8, 4) is 0 Å². The number of rotatable bonds is 6. The molecule has 20 heavy (non-hydrogen) atoms. The van der Waals surface area contributed by atoms with Crippen LogP contribution in [-0.4, -0.2) is 33.2 Å². The molecule has 0 fully saturated rings. The molecule has 0 bridgehead atoms. The van der Waals surface area contributed by atoms with Crippen molar-refractivity contribution in [2.24, 2.45) is 0 Å². The van der Waals surface area contributed by atoms with E-state index in [4.69, 9.17) is 0 Å². The number of carbonyl (C=O) groups excluding carboxylic acids is 1. The van der Waals surface area contributed by atoms with E-state index in [0.717, 1.165) is 18.7 Å². The quantitative estimate of drug-likeness (QED) is 0.687. The Labute approximate surface area is 119 Å². The van der Waals surface area contributed by atoms with Gasteiger partial charge in [0.1, 0.15) is 0 Å². The smallest absolute Gasteiger partial charge is 0.251 e. The maximum Gasteiger partial charge on any atom is 0.251 e. The van der Waals surface area contributed by atoms with Crippen LogP contribution >= 0.6 is 0 Å². The highest BCUT2D eigenvalue weighted by Gasteiger charge is 2.14. The molecule has 0 spiro atoms. The predicted octanol–water partition coefficient (Wildman–Crippen LogP) is -0.0411. The van der Waals surface area contributed by atoms with Gasteiger partial charge < -0.3 is 10.6 Å². The van der Waals surface area contributed by atoms with Gasteiger partial charge in [0.15, 0.2) is 0 Å². The van der Waals surface area contributed by atoms with Gasteiger partial charge in [0, 0.05) is 31.7 Å². The Morgan fingerprint density at radius 1 is 1.30 bits per heavy atom. The summed E-state index contributed by atoms with van der Waals surface area (Å²) in [7, 11) is -3.29. The molecule has 0 aromatic heterocycles. The third-order valence-corrected chi connectivity index (χ3v) is 4.59. The second-order valence-corrected chi connectivity index (χ2v) is 6.59. The topological polar surface area (TPSA) is 87.3 Å². The lowest BCUT2D eigenvalue weighted by molar-refractivity contribution is 0.0956.